The molecule has 2 aromatic rings. The number of para-hydroxylation sites is 2. The highest BCUT2D eigenvalue weighted by Crippen LogP contribution is 2.37. The standard InChI is InChI=1S/C19H20N2O/c1-20-17-9-5-6-10-18(17)22-19(15-7-3-2-4-8-15)16-11-13-21-14-12-16/h2-10,16,19,21H,11-14H2. The minimum Gasteiger partial charge on any atom is -0.496 e. The lowest BCUT2D eigenvalue weighted by atomic mass is 9.88. The Kier molecular flexibility index (Phi) is 4.72. The summed E-state index contributed by atoms with van der Waals surface area (Å²) in [5.74, 6) is 1.16. The number of ether oxygens (including phenoxy) is 1. The predicted octanol–water partition coefficient (Wildman–Crippen LogP) is 4.36. The van der Waals surface area contributed by atoms with Crippen LogP contribution in [0.15, 0.2) is 54.6 Å². The van der Waals surface area contributed by atoms with Crippen LogP contribution in [0.25, 0.3) is 4.85 Å². The summed E-state index contributed by atoms with van der Waals surface area (Å²) in [6, 6.07) is 17.9. The third kappa shape index (κ3) is 3.29. The van der Waals surface area contributed by atoms with Gasteiger partial charge in [-0.25, -0.2) is 4.85 Å². The van der Waals surface area contributed by atoms with Gasteiger partial charge in [-0.3, -0.25) is 0 Å². The summed E-state index contributed by atoms with van der Waals surface area (Å²) in [4.78, 5) is 3.58. The normalized spacial score (nSPS) is 16.7. The number of nitrogens with zero attached hydrogens (tertiary/aromatic N) is 1. The van der Waals surface area contributed by atoms with Crippen molar-refractivity contribution in [1.82, 2.24) is 5.32 Å². The van der Waals surface area contributed by atoms with Crippen molar-refractivity contribution in [2.75, 3.05) is 13.1 Å². The summed E-state index contributed by atoms with van der Waals surface area (Å²) in [5, 5.41) is 3.40. The number of piperidine rings is 1. The Hall–Kier alpha value is -2.31. The summed E-state index contributed by atoms with van der Waals surface area (Å²) in [6.07, 6.45) is 2.20. The van der Waals surface area contributed by atoms with Crippen molar-refractivity contribution in [2.45, 2.75) is 18.9 Å². The molecule has 3 heteroatoms. The monoisotopic (exact) mass is 292 g/mol. The molecule has 0 aliphatic carbocycles. The quantitative estimate of drug-likeness (QED) is 0.847. The Balaban J connectivity index is 1.90. The van der Waals surface area contributed by atoms with E-state index in [1.165, 1.54) is 5.56 Å². The van der Waals surface area contributed by atoms with E-state index >= 15 is 0 Å². The Bertz CT molecular complexity index is 642. The van der Waals surface area contributed by atoms with Gasteiger partial charge in [-0.05, 0) is 37.6 Å². The Labute approximate surface area is 131 Å². The fourth-order valence-corrected chi connectivity index (χ4v) is 3.01. The second kappa shape index (κ2) is 7.11. The summed E-state index contributed by atoms with van der Waals surface area (Å²) < 4.78 is 6.32. The zero-order valence-electron chi connectivity index (χ0n) is 12.5. The second-order valence-corrected chi connectivity index (χ2v) is 5.62. The van der Waals surface area contributed by atoms with Gasteiger partial charge < -0.3 is 10.1 Å². The molecule has 1 atom stereocenters. The van der Waals surface area contributed by atoms with E-state index in [4.69, 9.17) is 11.3 Å². The average molecular weight is 292 g/mol. The topological polar surface area (TPSA) is 25.6 Å². The fraction of sp³-hybridized carbons (Fsp3) is 0.316. The molecule has 0 aromatic heterocycles. The molecule has 0 spiro atoms. The SMILES string of the molecule is [C-]#[N+]c1ccccc1OC(c1ccccc1)C1CCNCC1. The molecule has 22 heavy (non-hydrogen) atoms. The van der Waals surface area contributed by atoms with Crippen molar-refractivity contribution in [2.24, 2.45) is 5.92 Å². The van der Waals surface area contributed by atoms with Gasteiger partial charge in [0.25, 0.3) is 0 Å². The lowest BCUT2D eigenvalue weighted by Gasteiger charge is -2.32. The minimum absolute atomic E-state index is 0.00574. The van der Waals surface area contributed by atoms with E-state index in [-0.39, 0.29) is 6.10 Å². The van der Waals surface area contributed by atoms with Crippen molar-refractivity contribution in [1.29, 1.82) is 0 Å². The molecule has 0 amide bonds. The van der Waals surface area contributed by atoms with Crippen LogP contribution in [0.1, 0.15) is 24.5 Å². The van der Waals surface area contributed by atoms with Gasteiger partial charge in [0, 0.05) is 5.92 Å². The van der Waals surface area contributed by atoms with Crippen LogP contribution in [0.2, 0.25) is 0 Å². The summed E-state index contributed by atoms with van der Waals surface area (Å²) in [7, 11) is 0. The highest BCUT2D eigenvalue weighted by Gasteiger charge is 2.27. The van der Waals surface area contributed by atoms with Crippen molar-refractivity contribution >= 4 is 5.69 Å². The average Bonchev–Trinajstić information content (AvgIpc) is 2.61. The van der Waals surface area contributed by atoms with Crippen LogP contribution in [0.3, 0.4) is 0 Å². The van der Waals surface area contributed by atoms with E-state index in [9.17, 15) is 0 Å². The first kappa shape index (κ1) is 14.6. The number of nitrogens with one attached hydrogen (secondary N) is 1. The number of hydrogen-bond acceptors (Lipinski definition) is 2. The van der Waals surface area contributed by atoms with E-state index in [0.29, 0.717) is 17.4 Å². The molecule has 0 radical (unpaired) electrons. The van der Waals surface area contributed by atoms with Crippen LogP contribution in [0, 0.1) is 12.5 Å². The van der Waals surface area contributed by atoms with Gasteiger partial charge in [-0.15, -0.1) is 0 Å². The Morgan fingerprint density at radius 3 is 2.41 bits per heavy atom. The maximum Gasteiger partial charge on any atom is 0.228 e. The lowest BCUT2D eigenvalue weighted by Crippen LogP contribution is -2.32. The van der Waals surface area contributed by atoms with Gasteiger partial charge >= 0.3 is 0 Å². The van der Waals surface area contributed by atoms with Gasteiger partial charge in [0.2, 0.25) is 5.69 Å². The van der Waals surface area contributed by atoms with E-state index in [1.807, 2.05) is 42.5 Å². The van der Waals surface area contributed by atoms with Crippen LogP contribution in [-0.4, -0.2) is 13.1 Å². The van der Waals surface area contributed by atoms with Crippen molar-refractivity contribution in [3.63, 3.8) is 0 Å². The number of hydrogen-bond donors (Lipinski definition) is 1. The predicted molar refractivity (Wildman–Crippen MR) is 88.1 cm³/mol. The third-order valence-corrected chi connectivity index (χ3v) is 4.18. The van der Waals surface area contributed by atoms with Gasteiger partial charge in [0.1, 0.15) is 11.9 Å². The van der Waals surface area contributed by atoms with Crippen LogP contribution in [-0.2, 0) is 0 Å². The maximum atomic E-state index is 7.31. The smallest absolute Gasteiger partial charge is 0.228 e. The van der Waals surface area contributed by atoms with Gasteiger partial charge in [-0.2, -0.15) is 0 Å². The molecule has 1 unspecified atom stereocenters. The molecule has 3 rings (SSSR count). The van der Waals surface area contributed by atoms with Crippen molar-refractivity contribution in [3.05, 3.63) is 71.6 Å². The van der Waals surface area contributed by atoms with Crippen molar-refractivity contribution < 1.29 is 4.74 Å². The van der Waals surface area contributed by atoms with E-state index in [2.05, 4.69) is 22.3 Å². The second-order valence-electron chi connectivity index (χ2n) is 5.62. The molecule has 0 bridgehead atoms. The molecule has 0 saturated carbocycles. The molecule has 2 aromatic carbocycles. The molecule has 1 aliphatic heterocycles. The van der Waals surface area contributed by atoms with E-state index < -0.39 is 0 Å². The zero-order valence-corrected chi connectivity index (χ0v) is 12.5. The largest absolute Gasteiger partial charge is 0.496 e. The first-order chi connectivity index (χ1) is 10.9. The maximum absolute atomic E-state index is 7.31. The van der Waals surface area contributed by atoms with Crippen molar-refractivity contribution in [3.8, 4) is 5.75 Å². The third-order valence-electron chi connectivity index (χ3n) is 4.18. The molecule has 3 nitrogen and oxygen atoms in total. The lowest BCUT2D eigenvalue weighted by molar-refractivity contribution is 0.113. The molecule has 1 N–H and O–H groups in total. The van der Waals surface area contributed by atoms with Crippen LogP contribution in [0.5, 0.6) is 5.75 Å². The molecule has 1 heterocycles. The van der Waals surface area contributed by atoms with Gasteiger partial charge in [-0.1, -0.05) is 48.5 Å². The van der Waals surface area contributed by atoms with Crippen LogP contribution < -0.4 is 10.1 Å². The molecular formula is C19H20N2O. The number of benzene rings is 2. The van der Waals surface area contributed by atoms with Gasteiger partial charge in [0.05, 0.1) is 6.57 Å². The molecule has 1 saturated heterocycles. The Morgan fingerprint density at radius 1 is 1.00 bits per heavy atom. The first-order valence-corrected chi connectivity index (χ1v) is 7.77. The summed E-state index contributed by atoms with van der Waals surface area (Å²) in [6.45, 7) is 9.37. The summed E-state index contributed by atoms with van der Waals surface area (Å²) >= 11 is 0. The zero-order chi connectivity index (χ0) is 15.2. The number of rotatable bonds is 4. The molecule has 1 aliphatic rings. The summed E-state index contributed by atoms with van der Waals surface area (Å²) in [5.41, 5.74) is 1.77. The highest BCUT2D eigenvalue weighted by molar-refractivity contribution is 5.57. The van der Waals surface area contributed by atoms with Crippen LogP contribution >= 0.6 is 0 Å². The fourth-order valence-electron chi connectivity index (χ4n) is 3.01. The van der Waals surface area contributed by atoms with E-state index in [0.717, 1.165) is 25.9 Å². The highest BCUT2D eigenvalue weighted by atomic mass is 16.5. The minimum atomic E-state index is 0.00574. The molecule has 112 valence electrons. The van der Waals surface area contributed by atoms with E-state index in [1.54, 1.807) is 0 Å². The molecule has 1 fully saturated rings. The van der Waals surface area contributed by atoms with Gasteiger partial charge in [0.15, 0.2) is 0 Å². The van der Waals surface area contributed by atoms with Crippen LogP contribution in [0.4, 0.5) is 5.69 Å². The molecular weight excluding hydrogens is 272 g/mol. The first-order valence-electron chi connectivity index (χ1n) is 7.77. The Morgan fingerprint density at radius 2 is 1.68 bits per heavy atom.